The molecule has 98 valence electrons. The molecule has 0 saturated heterocycles. The maximum atomic E-state index is 12.0. The lowest BCUT2D eigenvalue weighted by molar-refractivity contribution is -0.140. The third kappa shape index (κ3) is 3.48. The molecule has 1 aromatic rings. The van der Waals surface area contributed by atoms with Gasteiger partial charge in [0.15, 0.2) is 0 Å². The lowest BCUT2D eigenvalue weighted by Gasteiger charge is -2.21. The first kappa shape index (κ1) is 14.0. The summed E-state index contributed by atoms with van der Waals surface area (Å²) >= 11 is 0. The number of carbonyl (C=O) groups excluding carboxylic acids is 1. The van der Waals surface area contributed by atoms with Gasteiger partial charge in [-0.15, -0.1) is 0 Å². The van der Waals surface area contributed by atoms with Crippen LogP contribution < -0.4 is 9.64 Å². The zero-order valence-corrected chi connectivity index (χ0v) is 10.7. The van der Waals surface area contributed by atoms with E-state index in [1.165, 1.54) is 4.90 Å². The number of anilines is 1. The lowest BCUT2D eigenvalue weighted by Crippen LogP contribution is -2.32. The van der Waals surface area contributed by atoms with Crippen LogP contribution in [0.4, 0.5) is 5.69 Å². The summed E-state index contributed by atoms with van der Waals surface area (Å²) in [5, 5.41) is 8.68. The summed E-state index contributed by atoms with van der Waals surface area (Å²) in [4.78, 5) is 24.0. The summed E-state index contributed by atoms with van der Waals surface area (Å²) < 4.78 is 5.08. The minimum atomic E-state index is -0.977. The predicted octanol–water partition coefficient (Wildman–Crippen LogP) is 1.77. The predicted molar refractivity (Wildman–Crippen MR) is 67.8 cm³/mol. The van der Waals surface area contributed by atoms with Crippen LogP contribution in [0.1, 0.15) is 13.3 Å². The number of nitrogens with zero attached hydrogens (tertiary/aromatic N) is 1. The van der Waals surface area contributed by atoms with E-state index in [9.17, 15) is 9.59 Å². The first-order chi connectivity index (χ1) is 8.45. The fourth-order valence-electron chi connectivity index (χ4n) is 1.63. The number of amides is 1. The molecule has 1 unspecified atom stereocenters. The molecule has 0 bridgehead atoms. The van der Waals surface area contributed by atoms with Gasteiger partial charge in [0, 0.05) is 24.7 Å². The minimum absolute atomic E-state index is 0.173. The molecule has 0 radical (unpaired) electrons. The van der Waals surface area contributed by atoms with Crippen molar-refractivity contribution in [1.29, 1.82) is 0 Å². The Bertz CT molecular complexity index is 444. The van der Waals surface area contributed by atoms with Crippen molar-refractivity contribution >= 4 is 17.6 Å². The van der Waals surface area contributed by atoms with Crippen LogP contribution in [0.15, 0.2) is 24.3 Å². The normalized spacial score (nSPS) is 11.7. The quantitative estimate of drug-likeness (QED) is 0.866. The molecule has 0 fully saturated rings. The van der Waals surface area contributed by atoms with Crippen molar-refractivity contribution in [3.05, 3.63) is 24.3 Å². The highest BCUT2D eigenvalue weighted by Gasteiger charge is 2.21. The molecule has 0 aliphatic heterocycles. The summed E-state index contributed by atoms with van der Waals surface area (Å²) in [7, 11) is 3.17. The number of carbonyl (C=O) groups is 2. The third-order valence-corrected chi connectivity index (χ3v) is 2.67. The molecule has 0 heterocycles. The number of aliphatic carboxylic acids is 1. The maximum absolute atomic E-state index is 12.0. The van der Waals surface area contributed by atoms with E-state index in [0.717, 1.165) is 0 Å². The molecule has 18 heavy (non-hydrogen) atoms. The van der Waals surface area contributed by atoms with Crippen LogP contribution in [0.25, 0.3) is 0 Å². The van der Waals surface area contributed by atoms with Gasteiger partial charge in [-0.2, -0.15) is 0 Å². The van der Waals surface area contributed by atoms with Crippen LogP contribution in [0.5, 0.6) is 5.75 Å². The van der Waals surface area contributed by atoms with Crippen molar-refractivity contribution in [2.75, 3.05) is 19.1 Å². The van der Waals surface area contributed by atoms with Crippen LogP contribution in [0.2, 0.25) is 0 Å². The molecule has 0 spiro atoms. The van der Waals surface area contributed by atoms with Gasteiger partial charge in [0.05, 0.1) is 13.5 Å². The van der Waals surface area contributed by atoms with Crippen molar-refractivity contribution in [2.45, 2.75) is 13.3 Å². The van der Waals surface area contributed by atoms with Crippen LogP contribution in [-0.2, 0) is 9.59 Å². The number of hydrogen-bond acceptors (Lipinski definition) is 3. The Morgan fingerprint density at radius 3 is 2.67 bits per heavy atom. The number of ether oxygens (including phenoxy) is 1. The fraction of sp³-hybridized carbons (Fsp3) is 0.385. The van der Waals surface area contributed by atoms with Gasteiger partial charge in [-0.25, -0.2) is 0 Å². The third-order valence-electron chi connectivity index (χ3n) is 2.67. The largest absolute Gasteiger partial charge is 0.497 e. The van der Waals surface area contributed by atoms with Crippen LogP contribution in [0, 0.1) is 5.92 Å². The summed E-state index contributed by atoms with van der Waals surface area (Å²) in [6, 6.07) is 7.06. The number of benzene rings is 1. The standard InChI is InChI=1S/C13H17NO4/c1-9(7-12(15)16)13(17)14(2)10-5-4-6-11(8-10)18-3/h4-6,8-9H,7H2,1-3H3,(H,15,16). The van der Waals surface area contributed by atoms with Gasteiger partial charge in [-0.1, -0.05) is 13.0 Å². The molecule has 0 saturated carbocycles. The number of hydrogen-bond donors (Lipinski definition) is 1. The minimum Gasteiger partial charge on any atom is -0.497 e. The monoisotopic (exact) mass is 251 g/mol. The molecule has 0 aliphatic carbocycles. The van der Waals surface area contributed by atoms with Crippen molar-refractivity contribution in [3.8, 4) is 5.75 Å². The van der Waals surface area contributed by atoms with Gasteiger partial charge in [0.1, 0.15) is 5.75 Å². The Balaban J connectivity index is 2.82. The smallest absolute Gasteiger partial charge is 0.304 e. The van der Waals surface area contributed by atoms with Gasteiger partial charge < -0.3 is 14.7 Å². The maximum Gasteiger partial charge on any atom is 0.304 e. The van der Waals surface area contributed by atoms with Gasteiger partial charge in [-0.05, 0) is 12.1 Å². The highest BCUT2D eigenvalue weighted by Crippen LogP contribution is 2.21. The molecular weight excluding hydrogens is 234 g/mol. The number of rotatable bonds is 5. The zero-order chi connectivity index (χ0) is 13.7. The average molecular weight is 251 g/mol. The number of carboxylic acid groups (broad SMARTS) is 1. The molecule has 0 aromatic heterocycles. The Kier molecular flexibility index (Phi) is 4.71. The highest BCUT2D eigenvalue weighted by atomic mass is 16.5. The Labute approximate surface area is 106 Å². The van der Waals surface area contributed by atoms with Crippen molar-refractivity contribution in [2.24, 2.45) is 5.92 Å². The van der Waals surface area contributed by atoms with E-state index in [1.807, 2.05) is 0 Å². The Hall–Kier alpha value is -2.04. The van der Waals surface area contributed by atoms with Gasteiger partial charge in [0.25, 0.3) is 0 Å². The van der Waals surface area contributed by atoms with E-state index in [-0.39, 0.29) is 12.3 Å². The van der Waals surface area contributed by atoms with E-state index in [0.29, 0.717) is 11.4 Å². The average Bonchev–Trinajstić information content (AvgIpc) is 2.36. The fourth-order valence-corrected chi connectivity index (χ4v) is 1.63. The summed E-state index contributed by atoms with van der Waals surface area (Å²) in [6.45, 7) is 1.60. The van der Waals surface area contributed by atoms with Gasteiger partial charge in [0.2, 0.25) is 5.91 Å². The van der Waals surface area contributed by atoms with Crippen molar-refractivity contribution < 1.29 is 19.4 Å². The first-order valence-corrected chi connectivity index (χ1v) is 5.59. The van der Waals surface area contributed by atoms with E-state index in [1.54, 1.807) is 45.3 Å². The Morgan fingerprint density at radius 1 is 1.44 bits per heavy atom. The summed E-state index contributed by atoms with van der Waals surface area (Å²) in [5.74, 6) is -1.11. The first-order valence-electron chi connectivity index (χ1n) is 5.59. The highest BCUT2D eigenvalue weighted by molar-refractivity contribution is 5.96. The van der Waals surface area contributed by atoms with Crippen LogP contribution in [-0.4, -0.2) is 31.1 Å². The second-order valence-corrected chi connectivity index (χ2v) is 4.10. The van der Waals surface area contributed by atoms with E-state index >= 15 is 0 Å². The van der Waals surface area contributed by atoms with E-state index in [2.05, 4.69) is 0 Å². The van der Waals surface area contributed by atoms with E-state index in [4.69, 9.17) is 9.84 Å². The molecule has 5 nitrogen and oxygen atoms in total. The molecule has 5 heteroatoms. The topological polar surface area (TPSA) is 66.8 Å². The number of methoxy groups -OCH3 is 1. The van der Waals surface area contributed by atoms with Gasteiger partial charge in [-0.3, -0.25) is 9.59 Å². The lowest BCUT2D eigenvalue weighted by atomic mass is 10.1. The molecule has 0 aliphatic rings. The van der Waals surface area contributed by atoms with Crippen molar-refractivity contribution in [3.63, 3.8) is 0 Å². The van der Waals surface area contributed by atoms with Gasteiger partial charge >= 0.3 is 5.97 Å². The Morgan fingerprint density at radius 2 is 2.11 bits per heavy atom. The summed E-state index contributed by atoms with van der Waals surface area (Å²) in [6.07, 6.45) is -0.173. The SMILES string of the molecule is COc1cccc(N(C)C(=O)C(C)CC(=O)O)c1. The molecule has 1 aromatic carbocycles. The zero-order valence-electron chi connectivity index (χ0n) is 10.7. The molecular formula is C13H17NO4. The molecule has 1 rings (SSSR count). The summed E-state index contributed by atoms with van der Waals surface area (Å²) in [5.41, 5.74) is 0.677. The number of carboxylic acids is 1. The van der Waals surface area contributed by atoms with Crippen molar-refractivity contribution in [1.82, 2.24) is 0 Å². The van der Waals surface area contributed by atoms with Crippen LogP contribution in [0.3, 0.4) is 0 Å². The molecule has 1 amide bonds. The molecule has 1 N–H and O–H groups in total. The van der Waals surface area contributed by atoms with Crippen LogP contribution >= 0.6 is 0 Å². The second-order valence-electron chi connectivity index (χ2n) is 4.10. The molecule has 1 atom stereocenters. The van der Waals surface area contributed by atoms with E-state index < -0.39 is 11.9 Å². The second kappa shape index (κ2) is 6.05.